The number of thiol groups is 1. The maximum absolute atomic E-state index is 13.1. The van der Waals surface area contributed by atoms with Crippen LogP contribution in [-0.2, 0) is 41.6 Å². The molecule has 3 atom stereocenters. The molecule has 218 valence electrons. The third-order valence-corrected chi connectivity index (χ3v) is 6.44. The van der Waals surface area contributed by atoms with Crippen LogP contribution in [0.2, 0.25) is 0 Å². The van der Waals surface area contributed by atoms with Crippen LogP contribution in [0.25, 0.3) is 0 Å². The van der Waals surface area contributed by atoms with E-state index in [1.54, 1.807) is 42.5 Å². The molecule has 1 fully saturated rings. The van der Waals surface area contributed by atoms with Crippen LogP contribution in [0.3, 0.4) is 0 Å². The smallest absolute Gasteiger partial charge is 0.244 e. The zero-order valence-electron chi connectivity index (χ0n) is 22.0. The second-order valence-corrected chi connectivity index (χ2v) is 9.62. The lowest BCUT2D eigenvalue weighted by atomic mass is 10.0. The summed E-state index contributed by atoms with van der Waals surface area (Å²) in [5, 5.41) is 24.4. The summed E-state index contributed by atoms with van der Waals surface area (Å²) in [7, 11) is 0. The molecule has 13 nitrogen and oxygen atoms in total. The van der Waals surface area contributed by atoms with E-state index in [9.17, 15) is 33.9 Å². The van der Waals surface area contributed by atoms with E-state index in [1.807, 2.05) is 0 Å². The molecule has 1 aliphatic heterocycles. The number of hydrogen-bond acceptors (Lipinski definition) is 8. The van der Waals surface area contributed by atoms with Gasteiger partial charge in [0.1, 0.15) is 23.9 Å². The molecule has 0 radical (unpaired) electrons. The van der Waals surface area contributed by atoms with Gasteiger partial charge in [-0.15, -0.1) is 0 Å². The predicted molar refractivity (Wildman–Crippen MR) is 151 cm³/mol. The van der Waals surface area contributed by atoms with Crippen LogP contribution in [0.5, 0.6) is 5.75 Å². The Labute approximate surface area is 241 Å². The Balaban J connectivity index is 1.82. The van der Waals surface area contributed by atoms with Crippen molar-refractivity contribution in [3.63, 3.8) is 0 Å². The lowest BCUT2D eigenvalue weighted by molar-refractivity contribution is -0.133. The largest absolute Gasteiger partial charge is 0.508 e. The molecule has 1 saturated heterocycles. The number of carbonyl (C=O) groups excluding carboxylic acids is 6. The first-order valence-corrected chi connectivity index (χ1v) is 13.4. The molecule has 0 aliphatic carbocycles. The van der Waals surface area contributed by atoms with E-state index in [2.05, 4.69) is 44.5 Å². The van der Waals surface area contributed by atoms with Gasteiger partial charge in [-0.2, -0.15) is 12.6 Å². The van der Waals surface area contributed by atoms with E-state index >= 15 is 0 Å². The Kier molecular flexibility index (Phi) is 11.5. The van der Waals surface area contributed by atoms with Crippen LogP contribution in [0.15, 0.2) is 54.6 Å². The highest BCUT2D eigenvalue weighted by atomic mass is 32.1. The lowest BCUT2D eigenvalue weighted by Gasteiger charge is -2.23. The summed E-state index contributed by atoms with van der Waals surface area (Å²) in [4.78, 5) is 76.3. The first-order valence-electron chi connectivity index (χ1n) is 12.8. The van der Waals surface area contributed by atoms with Gasteiger partial charge in [0.05, 0.1) is 19.6 Å². The minimum Gasteiger partial charge on any atom is -0.508 e. The molecule has 14 heteroatoms. The van der Waals surface area contributed by atoms with E-state index in [1.165, 1.54) is 12.1 Å². The van der Waals surface area contributed by atoms with Crippen molar-refractivity contribution in [3.8, 4) is 5.75 Å². The Morgan fingerprint density at radius 1 is 0.585 bits per heavy atom. The van der Waals surface area contributed by atoms with Gasteiger partial charge in [0.15, 0.2) is 0 Å². The average molecular weight is 585 g/mol. The Morgan fingerprint density at radius 3 is 1.66 bits per heavy atom. The van der Waals surface area contributed by atoms with E-state index in [0.29, 0.717) is 5.56 Å². The Morgan fingerprint density at radius 2 is 1.07 bits per heavy atom. The molecule has 0 aromatic heterocycles. The summed E-state index contributed by atoms with van der Waals surface area (Å²) in [6.07, 6.45) is 0.114. The minimum atomic E-state index is -1.17. The molecule has 41 heavy (non-hydrogen) atoms. The molecule has 1 heterocycles. The van der Waals surface area contributed by atoms with Gasteiger partial charge in [-0.1, -0.05) is 42.5 Å². The van der Waals surface area contributed by atoms with Gasteiger partial charge in [0.25, 0.3) is 0 Å². The Bertz CT molecular complexity index is 1260. The van der Waals surface area contributed by atoms with E-state index in [-0.39, 0.29) is 24.3 Å². The quantitative estimate of drug-likeness (QED) is 0.185. The van der Waals surface area contributed by atoms with Crippen molar-refractivity contribution in [3.05, 3.63) is 65.7 Å². The van der Waals surface area contributed by atoms with Crippen LogP contribution < -0.4 is 31.9 Å². The summed E-state index contributed by atoms with van der Waals surface area (Å²) in [5.74, 6) is -4.15. The topological polar surface area (TPSA) is 195 Å². The molecule has 3 rings (SSSR count). The highest BCUT2D eigenvalue weighted by Gasteiger charge is 2.28. The molecular formula is C27H32N6O7S. The number of carbonyl (C=O) groups is 6. The van der Waals surface area contributed by atoms with Crippen LogP contribution in [0, 0.1) is 0 Å². The molecule has 1 aliphatic rings. The summed E-state index contributed by atoms with van der Waals surface area (Å²) < 4.78 is 0. The van der Waals surface area contributed by atoms with Crippen LogP contribution in [-0.4, -0.2) is 84.1 Å². The van der Waals surface area contributed by atoms with E-state index < -0.39 is 73.2 Å². The molecule has 6 amide bonds. The molecule has 2 aromatic carbocycles. The molecule has 2 aromatic rings. The molecule has 7 N–H and O–H groups in total. The number of hydrogen-bond donors (Lipinski definition) is 8. The summed E-state index contributed by atoms with van der Waals surface area (Å²) in [6.45, 7) is -1.44. The third-order valence-electron chi connectivity index (χ3n) is 6.07. The first kappa shape index (κ1) is 30.9. The van der Waals surface area contributed by atoms with Crippen molar-refractivity contribution >= 4 is 48.1 Å². The first-order chi connectivity index (χ1) is 19.6. The molecule has 0 bridgehead atoms. The number of rotatable bonds is 5. The molecule has 0 unspecified atom stereocenters. The van der Waals surface area contributed by atoms with Gasteiger partial charge in [-0.05, 0) is 23.3 Å². The lowest BCUT2D eigenvalue weighted by Crippen LogP contribution is -2.57. The van der Waals surface area contributed by atoms with Gasteiger partial charge in [-0.25, -0.2) is 0 Å². The second-order valence-electron chi connectivity index (χ2n) is 9.26. The van der Waals surface area contributed by atoms with Crippen molar-refractivity contribution in [2.45, 2.75) is 31.0 Å². The molecule has 0 spiro atoms. The second kappa shape index (κ2) is 15.3. The van der Waals surface area contributed by atoms with E-state index in [4.69, 9.17) is 0 Å². The van der Waals surface area contributed by atoms with Gasteiger partial charge >= 0.3 is 0 Å². The van der Waals surface area contributed by atoms with Crippen molar-refractivity contribution < 1.29 is 33.9 Å². The van der Waals surface area contributed by atoms with Gasteiger partial charge < -0.3 is 37.0 Å². The van der Waals surface area contributed by atoms with Gasteiger partial charge in [0.2, 0.25) is 35.4 Å². The number of amides is 6. The normalized spacial score (nSPS) is 21.6. The van der Waals surface area contributed by atoms with Crippen LogP contribution in [0.4, 0.5) is 0 Å². The molecule has 0 saturated carbocycles. The fourth-order valence-electron chi connectivity index (χ4n) is 3.92. The summed E-state index contributed by atoms with van der Waals surface area (Å²) >= 11 is 4.11. The van der Waals surface area contributed by atoms with Crippen molar-refractivity contribution in [1.29, 1.82) is 0 Å². The monoisotopic (exact) mass is 584 g/mol. The van der Waals surface area contributed by atoms with Crippen LogP contribution in [0.1, 0.15) is 11.1 Å². The molecular weight excluding hydrogens is 552 g/mol. The number of phenolic OH excluding ortho intramolecular Hbond substituents is 1. The number of benzene rings is 2. The highest BCUT2D eigenvalue weighted by Crippen LogP contribution is 2.12. The number of aromatic hydroxyl groups is 1. The van der Waals surface area contributed by atoms with Gasteiger partial charge in [-0.3, -0.25) is 28.8 Å². The average Bonchev–Trinajstić information content (AvgIpc) is 2.96. The van der Waals surface area contributed by atoms with Crippen LogP contribution >= 0.6 is 12.6 Å². The van der Waals surface area contributed by atoms with Crippen molar-refractivity contribution in [1.82, 2.24) is 31.9 Å². The van der Waals surface area contributed by atoms with Crippen molar-refractivity contribution in [2.24, 2.45) is 0 Å². The predicted octanol–water partition coefficient (Wildman–Crippen LogP) is -2.08. The maximum Gasteiger partial charge on any atom is 0.244 e. The fraction of sp³-hybridized carbons (Fsp3) is 0.333. The zero-order valence-corrected chi connectivity index (χ0v) is 22.9. The Hall–Kier alpha value is -4.59. The van der Waals surface area contributed by atoms with Crippen molar-refractivity contribution in [2.75, 3.05) is 25.4 Å². The fourth-order valence-corrected chi connectivity index (χ4v) is 4.17. The van der Waals surface area contributed by atoms with E-state index in [0.717, 1.165) is 5.56 Å². The van der Waals surface area contributed by atoms with Gasteiger partial charge in [0, 0.05) is 18.6 Å². The number of phenols is 1. The highest BCUT2D eigenvalue weighted by molar-refractivity contribution is 7.80. The SMILES string of the molecule is O=C1CNC(=O)[C@@H](Cc2ccccc2)NC(=O)CNC(=O)[C@@H](Cc2ccc(O)cc2)NC(=O)[C@@H](CS)NC(=O)CN1. The number of nitrogens with one attached hydrogen (secondary N) is 6. The minimum absolute atomic E-state index is 0.00179. The zero-order chi connectivity index (χ0) is 29.8. The maximum atomic E-state index is 13.1. The summed E-state index contributed by atoms with van der Waals surface area (Å²) in [5.41, 5.74) is 1.35. The summed E-state index contributed by atoms with van der Waals surface area (Å²) in [6, 6.07) is 11.5. The third kappa shape index (κ3) is 10.1. The standard InChI is InChI=1S/C27H32N6O7S/c34-18-8-6-17(7-9-18)11-20-26(39)30-14-24(37)31-19(10-16-4-2-1-3-5-16)25(38)29-12-22(35)28-13-23(36)32-21(15-41)27(40)33-20/h1-9,19-21,34,41H,10-15H2,(H,28,35)(H,29,38)(H,30,39)(H,31,37)(H,32,36)(H,33,40)/t19-,20-,21-/m1/s1.